The van der Waals surface area contributed by atoms with Gasteiger partial charge in [-0.2, -0.15) is 0 Å². The van der Waals surface area contributed by atoms with Crippen molar-refractivity contribution in [3.05, 3.63) is 34.4 Å². The number of benzene rings is 1. The van der Waals surface area contributed by atoms with Gasteiger partial charge in [0.15, 0.2) is 0 Å². The Balaban J connectivity index is 2.37. The maximum absolute atomic E-state index is 11.9. The Morgan fingerprint density at radius 3 is 2.39 bits per heavy atom. The molecule has 0 aromatic heterocycles. The lowest BCUT2D eigenvalue weighted by Gasteiger charge is -2.14. The van der Waals surface area contributed by atoms with E-state index in [4.69, 9.17) is 15.6 Å². The number of aliphatic carboxylic acids is 1. The fourth-order valence-electron chi connectivity index (χ4n) is 1.91. The normalized spacial score (nSPS) is 12.4. The van der Waals surface area contributed by atoms with Gasteiger partial charge >= 0.3 is 11.9 Å². The molecule has 28 heavy (non-hydrogen) atoms. The lowest BCUT2D eigenvalue weighted by atomic mass is 10.1. The fraction of sp³-hybridized carbons (Fsp3) is 0.375. The predicted octanol–water partition coefficient (Wildman–Crippen LogP) is -0.687. The van der Waals surface area contributed by atoms with E-state index in [1.54, 1.807) is 0 Å². The summed E-state index contributed by atoms with van der Waals surface area (Å²) >= 11 is 0. The van der Waals surface area contributed by atoms with Gasteiger partial charge in [-0.25, -0.2) is 4.79 Å². The van der Waals surface area contributed by atoms with Crippen molar-refractivity contribution in [3.63, 3.8) is 0 Å². The van der Waals surface area contributed by atoms with Crippen LogP contribution in [0.3, 0.4) is 0 Å². The first-order chi connectivity index (χ1) is 13.1. The van der Waals surface area contributed by atoms with Crippen molar-refractivity contribution in [2.75, 3.05) is 6.54 Å². The molecule has 12 nitrogen and oxygen atoms in total. The third kappa shape index (κ3) is 7.78. The van der Waals surface area contributed by atoms with E-state index in [1.165, 1.54) is 19.1 Å². The van der Waals surface area contributed by atoms with E-state index in [2.05, 4.69) is 10.6 Å². The standard InChI is InChI=1S/C16H20N4O8/c1-9(19-13(21)7-6-12(17)16(24)25)15(23)18-8-14(22)28-11-4-2-10(3-5-11)20(26)27/h2-5,9,12H,6-8,17H2,1H3,(H,18,23)(H,19,21)(H,24,25)/t9-,12-/m0/s1. The number of nitrogens with zero attached hydrogens (tertiary/aromatic N) is 1. The Morgan fingerprint density at radius 2 is 1.86 bits per heavy atom. The summed E-state index contributed by atoms with van der Waals surface area (Å²) in [6.07, 6.45) is -0.260. The van der Waals surface area contributed by atoms with Crippen LogP contribution in [0.15, 0.2) is 24.3 Å². The van der Waals surface area contributed by atoms with Gasteiger partial charge in [-0.15, -0.1) is 0 Å². The number of hydrogen-bond donors (Lipinski definition) is 4. The van der Waals surface area contributed by atoms with Crippen LogP contribution in [0, 0.1) is 10.1 Å². The minimum Gasteiger partial charge on any atom is -0.480 e. The van der Waals surface area contributed by atoms with Gasteiger partial charge in [0.05, 0.1) is 4.92 Å². The molecule has 0 fully saturated rings. The van der Waals surface area contributed by atoms with Crippen molar-refractivity contribution >= 4 is 29.4 Å². The Labute approximate surface area is 159 Å². The number of esters is 1. The lowest BCUT2D eigenvalue weighted by molar-refractivity contribution is -0.384. The second kappa shape index (κ2) is 10.6. The molecular formula is C16H20N4O8. The van der Waals surface area contributed by atoms with Crippen LogP contribution in [-0.2, 0) is 19.2 Å². The topological polar surface area (TPSA) is 191 Å². The van der Waals surface area contributed by atoms with Crippen molar-refractivity contribution in [1.29, 1.82) is 0 Å². The number of ether oxygens (including phenoxy) is 1. The SMILES string of the molecule is C[C@H](NC(=O)CC[C@H](N)C(=O)O)C(=O)NCC(=O)Oc1ccc([N+](=O)[O-])cc1. The molecule has 2 amide bonds. The summed E-state index contributed by atoms with van der Waals surface area (Å²) in [6.45, 7) is 0.895. The molecule has 2 atom stereocenters. The predicted molar refractivity (Wildman–Crippen MR) is 94.2 cm³/mol. The smallest absolute Gasteiger partial charge is 0.330 e. The van der Waals surface area contributed by atoms with Crippen LogP contribution in [-0.4, -0.2) is 52.4 Å². The van der Waals surface area contributed by atoms with Crippen LogP contribution in [0.5, 0.6) is 5.75 Å². The van der Waals surface area contributed by atoms with Crippen molar-refractivity contribution < 1.29 is 33.9 Å². The van der Waals surface area contributed by atoms with E-state index in [-0.39, 0.29) is 24.3 Å². The average Bonchev–Trinajstić information content (AvgIpc) is 2.64. The summed E-state index contributed by atoms with van der Waals surface area (Å²) in [5.74, 6) is -3.19. The van der Waals surface area contributed by atoms with Gasteiger partial charge in [0, 0.05) is 18.6 Å². The van der Waals surface area contributed by atoms with Gasteiger partial charge in [0.25, 0.3) is 5.69 Å². The molecule has 1 rings (SSSR count). The number of carbonyl (C=O) groups excluding carboxylic acids is 3. The third-order valence-corrected chi connectivity index (χ3v) is 3.46. The van der Waals surface area contributed by atoms with E-state index >= 15 is 0 Å². The molecule has 0 aliphatic rings. The highest BCUT2D eigenvalue weighted by atomic mass is 16.6. The highest BCUT2D eigenvalue weighted by molar-refractivity contribution is 5.89. The summed E-state index contributed by atoms with van der Waals surface area (Å²) < 4.78 is 4.91. The van der Waals surface area contributed by atoms with Crippen molar-refractivity contribution in [2.45, 2.75) is 31.8 Å². The van der Waals surface area contributed by atoms with Crippen molar-refractivity contribution in [2.24, 2.45) is 5.73 Å². The molecular weight excluding hydrogens is 376 g/mol. The van der Waals surface area contributed by atoms with Gasteiger partial charge < -0.3 is 26.2 Å². The van der Waals surface area contributed by atoms with E-state index in [0.717, 1.165) is 12.1 Å². The number of nitro groups is 1. The Hall–Kier alpha value is -3.54. The third-order valence-electron chi connectivity index (χ3n) is 3.46. The molecule has 12 heteroatoms. The van der Waals surface area contributed by atoms with Crippen LogP contribution in [0.4, 0.5) is 5.69 Å². The molecule has 0 bridgehead atoms. The number of rotatable bonds is 10. The molecule has 0 saturated carbocycles. The molecule has 0 unspecified atom stereocenters. The fourth-order valence-corrected chi connectivity index (χ4v) is 1.91. The van der Waals surface area contributed by atoms with Crippen molar-refractivity contribution in [3.8, 4) is 5.75 Å². The van der Waals surface area contributed by atoms with Crippen LogP contribution in [0.1, 0.15) is 19.8 Å². The van der Waals surface area contributed by atoms with Crippen LogP contribution < -0.4 is 21.1 Å². The van der Waals surface area contributed by atoms with Crippen LogP contribution in [0.2, 0.25) is 0 Å². The van der Waals surface area contributed by atoms with Gasteiger partial charge in [-0.3, -0.25) is 24.5 Å². The molecule has 5 N–H and O–H groups in total. The Kier molecular flexibility index (Phi) is 8.49. The highest BCUT2D eigenvalue weighted by Crippen LogP contribution is 2.17. The molecule has 0 saturated heterocycles. The van der Waals surface area contributed by atoms with E-state index < -0.39 is 47.3 Å². The second-order valence-electron chi connectivity index (χ2n) is 5.72. The zero-order valence-corrected chi connectivity index (χ0v) is 14.9. The minimum atomic E-state index is -1.23. The Morgan fingerprint density at radius 1 is 1.25 bits per heavy atom. The number of hydrogen-bond acceptors (Lipinski definition) is 8. The quantitative estimate of drug-likeness (QED) is 0.171. The van der Waals surface area contributed by atoms with E-state index in [0.29, 0.717) is 0 Å². The first-order valence-corrected chi connectivity index (χ1v) is 8.10. The number of nitrogens with two attached hydrogens (primary N) is 1. The van der Waals surface area contributed by atoms with Gasteiger partial charge in [-0.1, -0.05) is 0 Å². The summed E-state index contributed by atoms with van der Waals surface area (Å²) in [5, 5.41) is 23.8. The number of amides is 2. The first-order valence-electron chi connectivity index (χ1n) is 8.10. The summed E-state index contributed by atoms with van der Waals surface area (Å²) in [6, 6.07) is 2.65. The lowest BCUT2D eigenvalue weighted by Crippen LogP contribution is -2.46. The zero-order chi connectivity index (χ0) is 21.3. The Bertz CT molecular complexity index is 750. The van der Waals surface area contributed by atoms with E-state index in [1.807, 2.05) is 0 Å². The molecule has 1 aromatic carbocycles. The maximum Gasteiger partial charge on any atom is 0.330 e. The molecule has 0 aliphatic heterocycles. The monoisotopic (exact) mass is 396 g/mol. The van der Waals surface area contributed by atoms with Gasteiger partial charge in [0.1, 0.15) is 24.4 Å². The average molecular weight is 396 g/mol. The molecule has 152 valence electrons. The molecule has 0 spiro atoms. The van der Waals surface area contributed by atoms with Gasteiger partial charge in [-0.05, 0) is 25.5 Å². The molecule has 0 radical (unpaired) electrons. The number of nitrogens with one attached hydrogen (secondary N) is 2. The number of carboxylic acids is 1. The van der Waals surface area contributed by atoms with E-state index in [9.17, 15) is 29.3 Å². The zero-order valence-electron chi connectivity index (χ0n) is 14.9. The number of nitro benzene ring substituents is 1. The number of non-ortho nitro benzene ring substituents is 1. The first kappa shape index (κ1) is 22.5. The summed E-state index contributed by atoms with van der Waals surface area (Å²) in [4.78, 5) is 55.7. The molecule has 1 aromatic rings. The number of carbonyl (C=O) groups is 4. The highest BCUT2D eigenvalue weighted by Gasteiger charge is 2.19. The summed E-state index contributed by atoms with van der Waals surface area (Å²) in [5.41, 5.74) is 5.11. The molecule has 0 aliphatic carbocycles. The summed E-state index contributed by atoms with van der Waals surface area (Å²) in [7, 11) is 0. The van der Waals surface area contributed by atoms with Gasteiger partial charge in [0.2, 0.25) is 11.8 Å². The minimum absolute atomic E-state index is 0.0703. The van der Waals surface area contributed by atoms with Crippen LogP contribution >= 0.6 is 0 Å². The van der Waals surface area contributed by atoms with Crippen LogP contribution in [0.25, 0.3) is 0 Å². The number of carboxylic acid groups (broad SMARTS) is 1. The second-order valence-corrected chi connectivity index (χ2v) is 5.72. The maximum atomic E-state index is 11.9. The van der Waals surface area contributed by atoms with Crippen molar-refractivity contribution in [1.82, 2.24) is 10.6 Å². The largest absolute Gasteiger partial charge is 0.480 e. The molecule has 0 heterocycles.